The lowest BCUT2D eigenvalue weighted by atomic mass is 10.1. The number of nitrogens with one attached hydrogen (secondary N) is 1. The second-order valence-corrected chi connectivity index (χ2v) is 4.86. The molecule has 0 aliphatic rings. The molecule has 0 bridgehead atoms. The summed E-state index contributed by atoms with van der Waals surface area (Å²) in [6.45, 7) is 1.61. The number of ether oxygens (including phenoxy) is 2. The molecule has 1 amide bonds. The Morgan fingerprint density at radius 3 is 2.39 bits per heavy atom. The maximum Gasteiger partial charge on any atom is 0.271 e. The van der Waals surface area contributed by atoms with Crippen molar-refractivity contribution in [1.82, 2.24) is 15.1 Å². The summed E-state index contributed by atoms with van der Waals surface area (Å²) in [5.74, 6) is 0.755. The van der Waals surface area contributed by atoms with Crippen molar-refractivity contribution in [2.75, 3.05) is 21.3 Å². The predicted octanol–water partition coefficient (Wildman–Crippen LogP) is 1.23. The number of hydrogen-bond donors (Lipinski definition) is 1. The molecule has 1 aromatic carbocycles. The van der Waals surface area contributed by atoms with Gasteiger partial charge in [-0.25, -0.2) is 4.68 Å². The summed E-state index contributed by atoms with van der Waals surface area (Å²) in [7, 11) is 4.56. The second-order valence-electron chi connectivity index (χ2n) is 4.86. The number of aromatic nitrogens is 2. The van der Waals surface area contributed by atoms with E-state index in [9.17, 15) is 9.59 Å². The summed E-state index contributed by atoms with van der Waals surface area (Å²) in [4.78, 5) is 24.0. The molecular weight excluding hydrogens is 298 g/mol. The van der Waals surface area contributed by atoms with Crippen LogP contribution < -0.4 is 20.3 Å². The normalized spacial score (nSPS) is 11.7. The predicted molar refractivity (Wildman–Crippen MR) is 85.8 cm³/mol. The van der Waals surface area contributed by atoms with Gasteiger partial charge >= 0.3 is 0 Å². The molecule has 0 fully saturated rings. The van der Waals surface area contributed by atoms with Crippen LogP contribution in [-0.4, -0.2) is 37.0 Å². The Kier molecular flexibility index (Phi) is 5.00. The maximum absolute atomic E-state index is 12.2. The Hall–Kier alpha value is -2.83. The first kappa shape index (κ1) is 16.5. The van der Waals surface area contributed by atoms with Crippen LogP contribution in [0.15, 0.2) is 35.1 Å². The first-order valence-electron chi connectivity index (χ1n) is 7.05. The van der Waals surface area contributed by atoms with Crippen molar-refractivity contribution in [2.45, 2.75) is 13.0 Å². The van der Waals surface area contributed by atoms with Crippen LogP contribution in [0.2, 0.25) is 0 Å². The quantitative estimate of drug-likeness (QED) is 0.897. The lowest BCUT2D eigenvalue weighted by Gasteiger charge is -2.15. The van der Waals surface area contributed by atoms with Gasteiger partial charge in [0, 0.05) is 18.7 Å². The van der Waals surface area contributed by atoms with Gasteiger partial charge in [0.25, 0.3) is 5.56 Å². The van der Waals surface area contributed by atoms with Crippen LogP contribution in [0.3, 0.4) is 0 Å². The molecule has 1 N–H and O–H groups in total. The Morgan fingerprint density at radius 1 is 1.22 bits per heavy atom. The van der Waals surface area contributed by atoms with Gasteiger partial charge in [-0.15, -0.1) is 0 Å². The molecule has 0 radical (unpaired) electrons. The Morgan fingerprint density at radius 2 is 1.87 bits per heavy atom. The van der Waals surface area contributed by atoms with Crippen LogP contribution in [0.25, 0.3) is 11.3 Å². The molecule has 1 aromatic heterocycles. The van der Waals surface area contributed by atoms with Crippen LogP contribution in [0, 0.1) is 0 Å². The van der Waals surface area contributed by atoms with E-state index in [1.165, 1.54) is 20.2 Å². The van der Waals surface area contributed by atoms with Gasteiger partial charge < -0.3 is 14.8 Å². The molecule has 0 unspecified atom stereocenters. The van der Waals surface area contributed by atoms with E-state index < -0.39 is 11.6 Å². The zero-order chi connectivity index (χ0) is 17.0. The zero-order valence-corrected chi connectivity index (χ0v) is 13.5. The van der Waals surface area contributed by atoms with E-state index in [0.29, 0.717) is 17.2 Å². The van der Waals surface area contributed by atoms with Gasteiger partial charge in [-0.05, 0) is 31.2 Å². The summed E-state index contributed by atoms with van der Waals surface area (Å²) in [5, 5.41) is 6.82. The molecule has 23 heavy (non-hydrogen) atoms. The monoisotopic (exact) mass is 317 g/mol. The van der Waals surface area contributed by atoms with E-state index in [4.69, 9.17) is 9.47 Å². The van der Waals surface area contributed by atoms with E-state index in [1.54, 1.807) is 26.2 Å². The minimum Gasteiger partial charge on any atom is -0.497 e. The van der Waals surface area contributed by atoms with Gasteiger partial charge in [-0.2, -0.15) is 5.10 Å². The number of amides is 1. The third-order valence-corrected chi connectivity index (χ3v) is 3.50. The molecule has 122 valence electrons. The number of benzene rings is 1. The highest BCUT2D eigenvalue weighted by Gasteiger charge is 2.19. The van der Waals surface area contributed by atoms with Gasteiger partial charge in [0.15, 0.2) is 5.75 Å². The van der Waals surface area contributed by atoms with Gasteiger partial charge in [0.2, 0.25) is 5.91 Å². The SMILES string of the molecule is CNC(=O)[C@H](C)n1nc(-c2ccc(OC)cc2)c(OC)cc1=O. The summed E-state index contributed by atoms with van der Waals surface area (Å²) in [6, 6.07) is 7.79. The van der Waals surface area contributed by atoms with E-state index in [-0.39, 0.29) is 5.91 Å². The first-order valence-corrected chi connectivity index (χ1v) is 7.05. The number of likely N-dealkylation sites (N-methyl/N-ethyl adjacent to an activating group) is 1. The third-order valence-electron chi connectivity index (χ3n) is 3.50. The molecule has 0 saturated heterocycles. The maximum atomic E-state index is 12.2. The highest BCUT2D eigenvalue weighted by atomic mass is 16.5. The number of carbonyl (C=O) groups is 1. The van der Waals surface area contributed by atoms with Crippen molar-refractivity contribution in [2.24, 2.45) is 0 Å². The van der Waals surface area contributed by atoms with E-state index in [2.05, 4.69) is 10.4 Å². The number of methoxy groups -OCH3 is 2. The highest BCUT2D eigenvalue weighted by molar-refractivity contribution is 5.79. The van der Waals surface area contributed by atoms with Crippen LogP contribution in [0.4, 0.5) is 0 Å². The number of hydrogen-bond acceptors (Lipinski definition) is 5. The van der Waals surface area contributed by atoms with Crippen LogP contribution in [-0.2, 0) is 4.79 Å². The molecule has 0 aliphatic carbocycles. The number of carbonyl (C=O) groups excluding carboxylic acids is 1. The summed E-state index contributed by atoms with van der Waals surface area (Å²) in [5.41, 5.74) is 0.821. The smallest absolute Gasteiger partial charge is 0.271 e. The molecule has 2 rings (SSSR count). The Bertz CT molecular complexity index is 753. The Balaban J connectivity index is 2.57. The Labute approximate surface area is 133 Å². The number of nitrogens with zero attached hydrogens (tertiary/aromatic N) is 2. The minimum absolute atomic E-state index is 0.301. The first-order chi connectivity index (χ1) is 11.0. The standard InChI is InChI=1S/C16H19N3O4/c1-10(16(21)17-2)19-14(20)9-13(23-4)15(18-19)11-5-7-12(22-3)8-6-11/h5-10H,1-4H3,(H,17,21)/t10-/m0/s1. The largest absolute Gasteiger partial charge is 0.497 e. The van der Waals surface area contributed by atoms with Crippen molar-refractivity contribution in [1.29, 1.82) is 0 Å². The lowest BCUT2D eigenvalue weighted by molar-refractivity contribution is -0.123. The summed E-state index contributed by atoms with van der Waals surface area (Å²) >= 11 is 0. The summed E-state index contributed by atoms with van der Waals surface area (Å²) in [6.07, 6.45) is 0. The molecule has 0 aliphatic heterocycles. The topological polar surface area (TPSA) is 82.5 Å². The zero-order valence-electron chi connectivity index (χ0n) is 13.5. The van der Waals surface area contributed by atoms with Gasteiger partial charge in [-0.3, -0.25) is 9.59 Å². The highest BCUT2D eigenvalue weighted by Crippen LogP contribution is 2.28. The average molecular weight is 317 g/mol. The van der Waals surface area contributed by atoms with Crippen molar-refractivity contribution in [3.63, 3.8) is 0 Å². The molecular formula is C16H19N3O4. The molecule has 0 spiro atoms. The molecule has 0 saturated carbocycles. The third kappa shape index (κ3) is 3.33. The fourth-order valence-electron chi connectivity index (χ4n) is 2.15. The number of rotatable bonds is 5. The fraction of sp³-hybridized carbons (Fsp3) is 0.312. The van der Waals surface area contributed by atoms with Gasteiger partial charge in [0.1, 0.15) is 17.5 Å². The lowest BCUT2D eigenvalue weighted by Crippen LogP contribution is -2.35. The van der Waals surface area contributed by atoms with E-state index >= 15 is 0 Å². The molecule has 7 nitrogen and oxygen atoms in total. The summed E-state index contributed by atoms with van der Waals surface area (Å²) < 4.78 is 11.5. The molecule has 2 aromatic rings. The van der Waals surface area contributed by atoms with Gasteiger partial charge in [-0.1, -0.05) is 0 Å². The fourth-order valence-corrected chi connectivity index (χ4v) is 2.15. The van der Waals surface area contributed by atoms with Crippen LogP contribution in [0.1, 0.15) is 13.0 Å². The van der Waals surface area contributed by atoms with Crippen molar-refractivity contribution in [3.8, 4) is 22.8 Å². The molecule has 1 atom stereocenters. The molecule has 1 heterocycles. The minimum atomic E-state index is -0.726. The van der Waals surface area contributed by atoms with Crippen LogP contribution >= 0.6 is 0 Å². The average Bonchev–Trinajstić information content (AvgIpc) is 2.60. The van der Waals surface area contributed by atoms with Crippen LogP contribution in [0.5, 0.6) is 11.5 Å². The van der Waals surface area contributed by atoms with Crippen molar-refractivity contribution >= 4 is 5.91 Å². The van der Waals surface area contributed by atoms with Crippen molar-refractivity contribution in [3.05, 3.63) is 40.7 Å². The van der Waals surface area contributed by atoms with E-state index in [0.717, 1.165) is 10.2 Å². The van der Waals surface area contributed by atoms with Gasteiger partial charge in [0.05, 0.1) is 14.2 Å². The van der Waals surface area contributed by atoms with E-state index in [1.807, 2.05) is 12.1 Å². The second kappa shape index (κ2) is 6.95. The van der Waals surface area contributed by atoms with Crippen molar-refractivity contribution < 1.29 is 14.3 Å². The molecule has 7 heteroatoms.